The zero-order valence-corrected chi connectivity index (χ0v) is 21.0. The number of benzene rings is 3. The lowest BCUT2D eigenvalue weighted by molar-refractivity contribution is -0.132. The maximum Gasteiger partial charge on any atom is 0.230 e. The lowest BCUT2D eigenvalue weighted by Crippen LogP contribution is -2.38. The molecule has 1 saturated heterocycles. The predicted octanol–water partition coefficient (Wildman–Crippen LogP) is 5.18. The van der Waals surface area contributed by atoms with Crippen LogP contribution in [0.3, 0.4) is 0 Å². The Hall–Kier alpha value is -4.26. The highest BCUT2D eigenvalue weighted by molar-refractivity contribution is 5.93. The average Bonchev–Trinajstić information content (AvgIpc) is 3.25. The second kappa shape index (κ2) is 10.0. The first-order chi connectivity index (χ1) is 18.2. The summed E-state index contributed by atoms with van der Waals surface area (Å²) in [4.78, 5) is 23.0. The fraction of sp³-hybridized carbons (Fsp3) is 0.267. The molecular weight excluding hydrogens is 460 g/mol. The Morgan fingerprint density at radius 3 is 2.35 bits per heavy atom. The van der Waals surface area contributed by atoms with Gasteiger partial charge in [0.1, 0.15) is 0 Å². The quantitative estimate of drug-likeness (QED) is 0.340. The molecule has 6 rings (SSSR count). The summed E-state index contributed by atoms with van der Waals surface area (Å²) in [5.74, 6) is 1.69. The number of anilines is 1. The first-order valence-electron chi connectivity index (χ1n) is 13.0. The van der Waals surface area contributed by atoms with Crippen molar-refractivity contribution in [1.82, 2.24) is 24.5 Å². The first-order valence-corrected chi connectivity index (χ1v) is 13.0. The standard InChI is InChI=1S/C30H30N6O/c1-2-24(22-12-5-3-6-13-22)29(37)34-18-11-19-35(21-20-34)30-31-26-17-10-9-16-25(26)28-33-32-27(36(28)30)23-14-7-4-8-15-23/h3-10,12-17,24H,2,11,18-21H2,1H3/t24-/m1/s1. The second-order valence-electron chi connectivity index (χ2n) is 9.52. The van der Waals surface area contributed by atoms with Gasteiger partial charge in [0.2, 0.25) is 11.9 Å². The van der Waals surface area contributed by atoms with Gasteiger partial charge in [0, 0.05) is 37.1 Å². The molecular formula is C30H30N6O. The van der Waals surface area contributed by atoms with Gasteiger partial charge in [-0.25, -0.2) is 9.38 Å². The number of para-hydroxylation sites is 1. The Balaban J connectivity index is 1.36. The van der Waals surface area contributed by atoms with Crippen molar-refractivity contribution < 1.29 is 4.79 Å². The van der Waals surface area contributed by atoms with Gasteiger partial charge in [0.15, 0.2) is 11.5 Å². The van der Waals surface area contributed by atoms with Gasteiger partial charge in [-0.05, 0) is 30.5 Å². The monoisotopic (exact) mass is 490 g/mol. The topological polar surface area (TPSA) is 66.6 Å². The van der Waals surface area contributed by atoms with Crippen LogP contribution in [0.1, 0.15) is 31.2 Å². The van der Waals surface area contributed by atoms with Gasteiger partial charge >= 0.3 is 0 Å². The van der Waals surface area contributed by atoms with Gasteiger partial charge in [-0.15, -0.1) is 10.2 Å². The Morgan fingerprint density at radius 1 is 0.838 bits per heavy atom. The van der Waals surface area contributed by atoms with Gasteiger partial charge in [-0.3, -0.25) is 4.79 Å². The third kappa shape index (κ3) is 4.31. The molecule has 0 spiro atoms. The third-order valence-electron chi connectivity index (χ3n) is 7.26. The highest BCUT2D eigenvalue weighted by Gasteiger charge is 2.28. The third-order valence-corrected chi connectivity index (χ3v) is 7.26. The molecule has 0 aliphatic carbocycles. The highest BCUT2D eigenvalue weighted by atomic mass is 16.2. The molecule has 1 fully saturated rings. The van der Waals surface area contributed by atoms with Gasteiger partial charge in [-0.2, -0.15) is 0 Å². The molecule has 186 valence electrons. The molecule has 0 N–H and O–H groups in total. The molecule has 1 aliphatic heterocycles. The first kappa shape index (κ1) is 23.2. The number of rotatable bonds is 5. The summed E-state index contributed by atoms with van der Waals surface area (Å²) >= 11 is 0. The maximum atomic E-state index is 13.6. The minimum Gasteiger partial charge on any atom is -0.340 e. The van der Waals surface area contributed by atoms with E-state index in [1.165, 1.54) is 0 Å². The van der Waals surface area contributed by atoms with E-state index in [2.05, 4.69) is 38.6 Å². The van der Waals surface area contributed by atoms with Gasteiger partial charge in [0.05, 0.1) is 11.4 Å². The number of hydrogen-bond acceptors (Lipinski definition) is 5. The number of carbonyl (C=O) groups excluding carboxylic acids is 1. The van der Waals surface area contributed by atoms with Crippen LogP contribution >= 0.6 is 0 Å². The molecule has 0 unspecified atom stereocenters. The largest absolute Gasteiger partial charge is 0.340 e. The van der Waals surface area contributed by atoms with Crippen LogP contribution in [-0.4, -0.2) is 56.6 Å². The molecule has 0 radical (unpaired) electrons. The van der Waals surface area contributed by atoms with Gasteiger partial charge in [0.25, 0.3) is 0 Å². The zero-order valence-electron chi connectivity index (χ0n) is 21.0. The predicted molar refractivity (Wildman–Crippen MR) is 147 cm³/mol. The molecule has 0 bridgehead atoms. The minimum absolute atomic E-state index is 0.110. The molecule has 1 atom stereocenters. The SMILES string of the molecule is CC[C@@H](C(=O)N1CCCN(c2nc3ccccc3c3nnc(-c4ccccc4)n23)CC1)c1ccccc1. The molecule has 3 aromatic carbocycles. The average molecular weight is 491 g/mol. The fourth-order valence-corrected chi connectivity index (χ4v) is 5.35. The number of carbonyl (C=O) groups is 1. The molecule has 7 nitrogen and oxygen atoms in total. The minimum atomic E-state index is -0.110. The Bertz CT molecular complexity index is 1530. The van der Waals surface area contributed by atoms with Crippen molar-refractivity contribution in [3.05, 3.63) is 90.5 Å². The molecule has 2 aromatic heterocycles. The summed E-state index contributed by atoms with van der Waals surface area (Å²) in [7, 11) is 0. The van der Waals surface area contributed by atoms with Crippen molar-refractivity contribution in [2.45, 2.75) is 25.7 Å². The van der Waals surface area contributed by atoms with E-state index in [0.717, 1.165) is 65.4 Å². The lowest BCUT2D eigenvalue weighted by Gasteiger charge is -2.27. The zero-order chi connectivity index (χ0) is 25.2. The Labute approximate surface area is 216 Å². The van der Waals surface area contributed by atoms with E-state index in [1.54, 1.807) is 0 Å². The van der Waals surface area contributed by atoms with Crippen molar-refractivity contribution in [2.24, 2.45) is 0 Å². The summed E-state index contributed by atoms with van der Waals surface area (Å²) in [6.45, 7) is 4.99. The molecule has 1 amide bonds. The molecule has 5 aromatic rings. The smallest absolute Gasteiger partial charge is 0.230 e. The van der Waals surface area contributed by atoms with Crippen molar-refractivity contribution in [3.8, 4) is 11.4 Å². The maximum absolute atomic E-state index is 13.6. The Kier molecular flexibility index (Phi) is 6.26. The number of nitrogens with zero attached hydrogens (tertiary/aromatic N) is 6. The summed E-state index contributed by atoms with van der Waals surface area (Å²) in [6, 6.07) is 28.3. The van der Waals surface area contributed by atoms with Gasteiger partial charge in [-0.1, -0.05) is 79.7 Å². The van der Waals surface area contributed by atoms with Crippen LogP contribution in [0.4, 0.5) is 5.95 Å². The van der Waals surface area contributed by atoms with Crippen LogP contribution in [0.2, 0.25) is 0 Å². The van der Waals surface area contributed by atoms with Crippen LogP contribution in [0.25, 0.3) is 27.9 Å². The van der Waals surface area contributed by atoms with Crippen molar-refractivity contribution in [2.75, 3.05) is 31.1 Å². The van der Waals surface area contributed by atoms with E-state index in [4.69, 9.17) is 4.98 Å². The van der Waals surface area contributed by atoms with Crippen molar-refractivity contribution >= 4 is 28.4 Å². The molecule has 1 aliphatic rings. The second-order valence-corrected chi connectivity index (χ2v) is 9.52. The van der Waals surface area contributed by atoms with E-state index in [9.17, 15) is 4.79 Å². The van der Waals surface area contributed by atoms with Gasteiger partial charge < -0.3 is 9.80 Å². The van der Waals surface area contributed by atoms with Crippen LogP contribution in [0.5, 0.6) is 0 Å². The van der Waals surface area contributed by atoms with Crippen molar-refractivity contribution in [1.29, 1.82) is 0 Å². The Morgan fingerprint density at radius 2 is 1.57 bits per heavy atom. The van der Waals surface area contributed by atoms with Crippen LogP contribution in [-0.2, 0) is 4.79 Å². The van der Waals surface area contributed by atoms with E-state index in [0.29, 0.717) is 13.1 Å². The fourth-order valence-electron chi connectivity index (χ4n) is 5.35. The van der Waals surface area contributed by atoms with Crippen LogP contribution in [0, 0.1) is 0 Å². The summed E-state index contributed by atoms with van der Waals surface area (Å²) in [5.41, 5.74) is 3.77. The number of fused-ring (bicyclic) bond motifs is 3. The molecule has 0 saturated carbocycles. The normalized spacial score (nSPS) is 15.2. The van der Waals surface area contributed by atoms with E-state index in [1.807, 2.05) is 77.7 Å². The number of aromatic nitrogens is 4. The lowest BCUT2D eigenvalue weighted by atomic mass is 9.95. The molecule has 7 heteroatoms. The van der Waals surface area contributed by atoms with E-state index < -0.39 is 0 Å². The summed E-state index contributed by atoms with van der Waals surface area (Å²) in [5, 5.41) is 10.2. The van der Waals surface area contributed by atoms with E-state index >= 15 is 0 Å². The van der Waals surface area contributed by atoms with E-state index in [-0.39, 0.29) is 11.8 Å². The van der Waals surface area contributed by atoms with Crippen LogP contribution < -0.4 is 4.90 Å². The van der Waals surface area contributed by atoms with Crippen LogP contribution in [0.15, 0.2) is 84.9 Å². The van der Waals surface area contributed by atoms with Crippen molar-refractivity contribution in [3.63, 3.8) is 0 Å². The summed E-state index contributed by atoms with van der Waals surface area (Å²) < 4.78 is 2.08. The number of amides is 1. The highest BCUT2D eigenvalue weighted by Crippen LogP contribution is 2.29. The summed E-state index contributed by atoms with van der Waals surface area (Å²) in [6.07, 6.45) is 1.66. The number of hydrogen-bond donors (Lipinski definition) is 0. The molecule has 3 heterocycles. The molecule has 37 heavy (non-hydrogen) atoms.